The topological polar surface area (TPSA) is 69.6 Å². The van der Waals surface area contributed by atoms with Gasteiger partial charge in [-0.1, -0.05) is 122 Å². The highest BCUT2D eigenvalue weighted by Crippen LogP contribution is 2.12. The molecule has 3 N–H and O–H groups in total. The summed E-state index contributed by atoms with van der Waals surface area (Å²) in [7, 11) is 0. The zero-order chi connectivity index (χ0) is 24.4. The average molecular weight is 466 g/mol. The fourth-order valence-corrected chi connectivity index (χ4v) is 3.95. The maximum atomic E-state index is 11.9. The molecule has 0 bridgehead atoms. The first-order chi connectivity index (χ1) is 16.2. The van der Waals surface area contributed by atoms with Crippen LogP contribution in [0.15, 0.2) is 24.3 Å². The van der Waals surface area contributed by atoms with Crippen molar-refractivity contribution in [1.29, 1.82) is 0 Å². The molecule has 0 saturated heterocycles. The van der Waals surface area contributed by atoms with Gasteiger partial charge in [-0.25, -0.2) is 0 Å². The van der Waals surface area contributed by atoms with Crippen LogP contribution in [-0.2, 0) is 4.79 Å². The minimum Gasteiger partial charge on any atom is -0.394 e. The van der Waals surface area contributed by atoms with Gasteiger partial charge in [0.1, 0.15) is 0 Å². The Hall–Kier alpha value is -1.13. The van der Waals surface area contributed by atoms with Gasteiger partial charge in [-0.2, -0.15) is 0 Å². The number of rotatable bonds is 24. The first-order valence-corrected chi connectivity index (χ1v) is 14.1. The van der Waals surface area contributed by atoms with E-state index in [0.29, 0.717) is 6.42 Å². The summed E-state index contributed by atoms with van der Waals surface area (Å²) in [4.78, 5) is 11.9. The van der Waals surface area contributed by atoms with Gasteiger partial charge >= 0.3 is 0 Å². The molecule has 0 aliphatic carbocycles. The second-order valence-corrected chi connectivity index (χ2v) is 9.46. The lowest BCUT2D eigenvalue weighted by Gasteiger charge is -2.19. The highest BCUT2D eigenvalue weighted by atomic mass is 16.3. The molecule has 0 heterocycles. The zero-order valence-electron chi connectivity index (χ0n) is 21.9. The fraction of sp³-hybridized carbons (Fsp3) is 0.828. The van der Waals surface area contributed by atoms with Gasteiger partial charge in [-0.05, 0) is 32.1 Å². The molecule has 4 heteroatoms. The van der Waals surface area contributed by atoms with Crippen LogP contribution >= 0.6 is 0 Å². The van der Waals surface area contributed by atoms with E-state index >= 15 is 0 Å². The second kappa shape index (κ2) is 25.5. The van der Waals surface area contributed by atoms with E-state index in [2.05, 4.69) is 31.3 Å². The van der Waals surface area contributed by atoms with Gasteiger partial charge in [0.15, 0.2) is 0 Å². The van der Waals surface area contributed by atoms with Crippen molar-refractivity contribution in [2.75, 3.05) is 6.61 Å². The third kappa shape index (κ3) is 22.4. The van der Waals surface area contributed by atoms with Gasteiger partial charge in [0.05, 0.1) is 18.8 Å². The lowest BCUT2D eigenvalue weighted by Crippen LogP contribution is -2.45. The molecule has 0 aromatic carbocycles. The maximum Gasteiger partial charge on any atom is 0.220 e. The summed E-state index contributed by atoms with van der Waals surface area (Å²) in [5.41, 5.74) is 0. The van der Waals surface area contributed by atoms with Crippen molar-refractivity contribution in [3.63, 3.8) is 0 Å². The largest absolute Gasteiger partial charge is 0.394 e. The van der Waals surface area contributed by atoms with Crippen molar-refractivity contribution in [2.45, 2.75) is 148 Å². The Kier molecular flexibility index (Phi) is 24.6. The molecule has 33 heavy (non-hydrogen) atoms. The van der Waals surface area contributed by atoms with Crippen LogP contribution < -0.4 is 5.32 Å². The van der Waals surface area contributed by atoms with Crippen LogP contribution in [0.4, 0.5) is 0 Å². The lowest BCUT2D eigenvalue weighted by molar-refractivity contribution is -0.123. The third-order valence-corrected chi connectivity index (χ3v) is 6.19. The number of carbonyl (C=O) groups is 1. The van der Waals surface area contributed by atoms with Crippen molar-refractivity contribution >= 4 is 5.91 Å². The molecular formula is C29H55NO3. The van der Waals surface area contributed by atoms with Crippen LogP contribution in [-0.4, -0.2) is 34.9 Å². The molecule has 0 rings (SSSR count). The SMILES string of the molecule is CCCCCCCCCCCCCC/C=C/CC/C=C/C(O)C(CO)NC(=O)CCCCC. The summed E-state index contributed by atoms with van der Waals surface area (Å²) in [6, 6.07) is -0.628. The summed E-state index contributed by atoms with van der Waals surface area (Å²) in [6.45, 7) is 4.11. The molecule has 0 aromatic heterocycles. The summed E-state index contributed by atoms with van der Waals surface area (Å²) in [5.74, 6) is -0.101. The van der Waals surface area contributed by atoms with Gasteiger partial charge < -0.3 is 15.5 Å². The van der Waals surface area contributed by atoms with Crippen LogP contribution in [0, 0.1) is 0 Å². The number of unbranched alkanes of at least 4 members (excludes halogenated alkanes) is 15. The van der Waals surface area contributed by atoms with Gasteiger partial charge in [-0.15, -0.1) is 0 Å². The van der Waals surface area contributed by atoms with E-state index in [-0.39, 0.29) is 12.5 Å². The highest BCUT2D eigenvalue weighted by molar-refractivity contribution is 5.76. The monoisotopic (exact) mass is 465 g/mol. The summed E-state index contributed by atoms with van der Waals surface area (Å²) in [6.07, 6.45) is 30.2. The summed E-state index contributed by atoms with van der Waals surface area (Å²) < 4.78 is 0. The van der Waals surface area contributed by atoms with Crippen molar-refractivity contribution in [1.82, 2.24) is 5.32 Å². The molecule has 194 valence electrons. The van der Waals surface area contributed by atoms with E-state index in [1.165, 1.54) is 77.0 Å². The van der Waals surface area contributed by atoms with Gasteiger partial charge in [0, 0.05) is 6.42 Å². The standard InChI is InChI=1S/C29H55NO3/c1-3-5-7-8-9-10-11-12-13-14-15-16-17-18-19-20-21-23-24-28(32)27(26-31)30-29(33)25-22-6-4-2/h18-19,23-24,27-28,31-32H,3-17,20-22,25-26H2,1-2H3,(H,30,33)/b19-18+,24-23+. The summed E-state index contributed by atoms with van der Waals surface area (Å²) in [5, 5.41) is 22.4. The molecule has 0 aliphatic rings. The van der Waals surface area contributed by atoms with Crippen LogP contribution in [0.5, 0.6) is 0 Å². The predicted molar refractivity (Wildman–Crippen MR) is 142 cm³/mol. The Morgan fingerprint density at radius 3 is 1.76 bits per heavy atom. The molecule has 0 radical (unpaired) electrons. The zero-order valence-corrected chi connectivity index (χ0v) is 21.9. The molecule has 0 saturated carbocycles. The highest BCUT2D eigenvalue weighted by Gasteiger charge is 2.17. The first-order valence-electron chi connectivity index (χ1n) is 14.1. The minimum absolute atomic E-state index is 0.101. The Morgan fingerprint density at radius 2 is 1.18 bits per heavy atom. The van der Waals surface area contributed by atoms with Crippen LogP contribution in [0.3, 0.4) is 0 Å². The van der Waals surface area contributed by atoms with E-state index in [4.69, 9.17) is 0 Å². The number of aliphatic hydroxyl groups excluding tert-OH is 2. The Balaban J connectivity index is 3.61. The van der Waals surface area contributed by atoms with Crippen molar-refractivity contribution in [3.8, 4) is 0 Å². The lowest BCUT2D eigenvalue weighted by atomic mass is 10.0. The normalized spacial score (nSPS) is 13.7. The Bertz CT molecular complexity index is 475. The molecule has 0 spiro atoms. The van der Waals surface area contributed by atoms with Crippen molar-refractivity contribution < 1.29 is 15.0 Å². The van der Waals surface area contributed by atoms with Crippen LogP contribution in [0.1, 0.15) is 136 Å². The quantitative estimate of drug-likeness (QED) is 0.103. The Morgan fingerprint density at radius 1 is 0.697 bits per heavy atom. The Labute approximate surface area is 205 Å². The number of allylic oxidation sites excluding steroid dienone is 3. The summed E-state index contributed by atoms with van der Waals surface area (Å²) >= 11 is 0. The smallest absolute Gasteiger partial charge is 0.220 e. The van der Waals surface area contributed by atoms with Gasteiger partial charge in [0.25, 0.3) is 0 Å². The van der Waals surface area contributed by atoms with Crippen LogP contribution in [0.2, 0.25) is 0 Å². The minimum atomic E-state index is -0.852. The molecule has 2 unspecified atom stereocenters. The molecular weight excluding hydrogens is 410 g/mol. The first kappa shape index (κ1) is 31.9. The van der Waals surface area contributed by atoms with Gasteiger partial charge in [-0.3, -0.25) is 4.79 Å². The number of nitrogens with one attached hydrogen (secondary N) is 1. The van der Waals surface area contributed by atoms with Crippen molar-refractivity contribution in [2.24, 2.45) is 0 Å². The van der Waals surface area contributed by atoms with E-state index in [0.717, 1.165) is 38.5 Å². The number of hydrogen-bond donors (Lipinski definition) is 3. The average Bonchev–Trinajstić information content (AvgIpc) is 2.81. The molecule has 2 atom stereocenters. The van der Waals surface area contributed by atoms with Crippen LogP contribution in [0.25, 0.3) is 0 Å². The van der Waals surface area contributed by atoms with E-state index in [9.17, 15) is 15.0 Å². The predicted octanol–water partition coefficient (Wildman–Crippen LogP) is 7.39. The second-order valence-electron chi connectivity index (χ2n) is 9.46. The van der Waals surface area contributed by atoms with E-state index < -0.39 is 12.1 Å². The third-order valence-electron chi connectivity index (χ3n) is 6.19. The van der Waals surface area contributed by atoms with Crippen molar-refractivity contribution in [3.05, 3.63) is 24.3 Å². The number of hydrogen-bond acceptors (Lipinski definition) is 3. The molecule has 0 fully saturated rings. The molecule has 4 nitrogen and oxygen atoms in total. The van der Waals surface area contributed by atoms with Gasteiger partial charge in [0.2, 0.25) is 5.91 Å². The molecule has 0 aliphatic heterocycles. The van der Waals surface area contributed by atoms with E-state index in [1.54, 1.807) is 6.08 Å². The van der Waals surface area contributed by atoms with E-state index in [1.807, 2.05) is 6.08 Å². The fourth-order valence-electron chi connectivity index (χ4n) is 3.95. The maximum absolute atomic E-state index is 11.9. The molecule has 1 amide bonds. The number of amides is 1. The molecule has 0 aromatic rings. The number of carbonyl (C=O) groups excluding carboxylic acids is 1. The number of aliphatic hydroxyl groups is 2.